The van der Waals surface area contributed by atoms with Gasteiger partial charge in [-0.25, -0.2) is 0 Å². The third-order valence-electron chi connectivity index (χ3n) is 3.00. The number of hydrogen-bond acceptors (Lipinski definition) is 8. The molecule has 1 heterocycles. The lowest BCUT2D eigenvalue weighted by Gasteiger charge is -2.36. The molecule has 10 heteroatoms. The summed E-state index contributed by atoms with van der Waals surface area (Å²) in [6.45, 7) is 0. The lowest BCUT2D eigenvalue weighted by atomic mass is 10.2. The SMILES string of the molecule is COP(=O)(OC)C(O)(Cc1cccnc1)P(=O)(OC)OC. The van der Waals surface area contributed by atoms with Gasteiger partial charge in [0.15, 0.2) is 0 Å². The summed E-state index contributed by atoms with van der Waals surface area (Å²) in [6, 6.07) is 3.23. The second-order valence-corrected chi connectivity index (χ2v) is 9.32. The van der Waals surface area contributed by atoms with Gasteiger partial charge < -0.3 is 23.2 Å². The predicted molar refractivity (Wildman–Crippen MR) is 76.1 cm³/mol. The molecular weight excluding hydrogens is 320 g/mol. The van der Waals surface area contributed by atoms with Gasteiger partial charge in [-0.2, -0.15) is 0 Å². The zero-order valence-electron chi connectivity index (χ0n) is 12.3. The van der Waals surface area contributed by atoms with E-state index in [1.54, 1.807) is 12.1 Å². The summed E-state index contributed by atoms with van der Waals surface area (Å²) in [5, 5.41) is 8.34. The van der Waals surface area contributed by atoms with Crippen LogP contribution in [0, 0.1) is 0 Å². The molecular formula is C11H19NO7P2. The number of aliphatic hydroxyl groups is 1. The molecule has 0 unspecified atom stereocenters. The molecule has 8 nitrogen and oxygen atoms in total. The zero-order valence-corrected chi connectivity index (χ0v) is 14.0. The highest BCUT2D eigenvalue weighted by molar-refractivity contribution is 7.73. The number of rotatable bonds is 8. The smallest absolute Gasteiger partial charge is 0.367 e. The Morgan fingerprint density at radius 3 is 1.90 bits per heavy atom. The summed E-state index contributed by atoms with van der Waals surface area (Å²) in [7, 11) is -4.11. The second kappa shape index (κ2) is 7.11. The van der Waals surface area contributed by atoms with Crippen molar-refractivity contribution in [2.24, 2.45) is 0 Å². The molecule has 0 radical (unpaired) electrons. The molecule has 0 atom stereocenters. The fourth-order valence-electron chi connectivity index (χ4n) is 1.85. The molecule has 0 saturated carbocycles. The highest BCUT2D eigenvalue weighted by Gasteiger charge is 2.63. The predicted octanol–water partition coefficient (Wildman–Crippen LogP) is 2.24. The molecule has 1 aromatic heterocycles. The highest BCUT2D eigenvalue weighted by Crippen LogP contribution is 2.76. The van der Waals surface area contributed by atoms with E-state index in [0.717, 1.165) is 28.4 Å². The summed E-state index contributed by atoms with van der Waals surface area (Å²) in [5.41, 5.74) is 0.462. The van der Waals surface area contributed by atoms with Crippen molar-refractivity contribution in [2.75, 3.05) is 28.4 Å². The third-order valence-corrected chi connectivity index (χ3v) is 8.47. The maximum absolute atomic E-state index is 12.7. The fraction of sp³-hybridized carbons (Fsp3) is 0.545. The molecule has 0 amide bonds. The first-order valence-corrected chi connectivity index (χ1v) is 8.95. The number of nitrogens with zero attached hydrogens (tertiary/aromatic N) is 1. The quantitative estimate of drug-likeness (QED) is 0.719. The molecule has 0 fully saturated rings. The first-order valence-electron chi connectivity index (χ1n) is 5.87. The van der Waals surface area contributed by atoms with E-state index in [0.29, 0.717) is 5.56 Å². The van der Waals surface area contributed by atoms with Crippen molar-refractivity contribution in [3.05, 3.63) is 30.1 Å². The molecule has 0 aliphatic rings. The second-order valence-electron chi connectivity index (χ2n) is 4.04. The molecule has 0 saturated heterocycles. The van der Waals surface area contributed by atoms with Gasteiger partial charge in [-0.1, -0.05) is 6.07 Å². The topological polar surface area (TPSA) is 104 Å². The molecule has 1 rings (SSSR count). The van der Waals surface area contributed by atoms with Gasteiger partial charge in [-0.15, -0.1) is 0 Å². The van der Waals surface area contributed by atoms with Gasteiger partial charge in [0.2, 0.25) is 0 Å². The van der Waals surface area contributed by atoms with Crippen LogP contribution in [-0.4, -0.2) is 43.6 Å². The highest BCUT2D eigenvalue weighted by atomic mass is 31.2. The van der Waals surface area contributed by atoms with E-state index in [4.69, 9.17) is 18.1 Å². The molecule has 0 spiro atoms. The van der Waals surface area contributed by atoms with Crippen LogP contribution in [0.1, 0.15) is 5.56 Å². The largest absolute Gasteiger partial charge is 0.374 e. The normalized spacial score (nSPS) is 13.4. The Hall–Kier alpha value is -0.590. The molecule has 0 aliphatic heterocycles. The van der Waals surface area contributed by atoms with Gasteiger partial charge >= 0.3 is 15.2 Å². The van der Waals surface area contributed by atoms with Gasteiger partial charge in [-0.05, 0) is 11.6 Å². The van der Waals surface area contributed by atoms with E-state index in [2.05, 4.69) is 4.98 Å². The monoisotopic (exact) mass is 339 g/mol. The minimum Gasteiger partial charge on any atom is -0.367 e. The van der Waals surface area contributed by atoms with Crippen LogP contribution >= 0.6 is 15.2 Å². The molecule has 1 aromatic rings. The van der Waals surface area contributed by atoms with E-state index >= 15 is 0 Å². The Morgan fingerprint density at radius 1 is 1.10 bits per heavy atom. The minimum atomic E-state index is -4.21. The minimum absolute atomic E-state index is 0.348. The number of hydrogen-bond donors (Lipinski definition) is 1. The molecule has 1 N–H and O–H groups in total. The maximum Gasteiger partial charge on any atom is 0.374 e. The van der Waals surface area contributed by atoms with Crippen molar-refractivity contribution in [1.82, 2.24) is 4.98 Å². The van der Waals surface area contributed by atoms with Gasteiger partial charge in [0.25, 0.3) is 5.08 Å². The lowest BCUT2D eigenvalue weighted by molar-refractivity contribution is 0.103. The Balaban J connectivity index is 3.43. The maximum atomic E-state index is 12.7. The van der Waals surface area contributed by atoms with E-state index in [1.807, 2.05) is 0 Å². The Labute approximate surface area is 123 Å². The zero-order chi connectivity index (χ0) is 16.1. The van der Waals surface area contributed by atoms with E-state index in [1.165, 1.54) is 12.4 Å². The Morgan fingerprint density at radius 2 is 1.57 bits per heavy atom. The van der Waals surface area contributed by atoms with Crippen LogP contribution in [0.5, 0.6) is 0 Å². The third kappa shape index (κ3) is 3.27. The molecule has 0 aliphatic carbocycles. The Bertz CT molecular complexity index is 509. The van der Waals surface area contributed by atoms with Crippen LogP contribution in [0.4, 0.5) is 0 Å². The van der Waals surface area contributed by atoms with Crippen LogP contribution in [0.25, 0.3) is 0 Å². The van der Waals surface area contributed by atoms with E-state index in [9.17, 15) is 14.2 Å². The summed E-state index contributed by atoms with van der Waals surface area (Å²) >= 11 is 0. The molecule has 21 heavy (non-hydrogen) atoms. The van der Waals surface area contributed by atoms with Crippen LogP contribution in [0.3, 0.4) is 0 Å². The first-order chi connectivity index (χ1) is 9.82. The molecule has 120 valence electrons. The lowest BCUT2D eigenvalue weighted by Crippen LogP contribution is -2.34. The summed E-state index contributed by atoms with van der Waals surface area (Å²) in [5.74, 6) is 0. The van der Waals surface area contributed by atoms with Crippen molar-refractivity contribution in [2.45, 2.75) is 11.5 Å². The van der Waals surface area contributed by atoms with E-state index < -0.39 is 20.3 Å². The van der Waals surface area contributed by atoms with Crippen LogP contribution in [0.2, 0.25) is 0 Å². The first kappa shape index (κ1) is 18.5. The summed E-state index contributed by atoms with van der Waals surface area (Å²) < 4.78 is 44.6. The summed E-state index contributed by atoms with van der Waals surface area (Å²) in [4.78, 5) is 3.88. The van der Waals surface area contributed by atoms with Crippen LogP contribution < -0.4 is 0 Å². The Kier molecular flexibility index (Phi) is 6.25. The molecule has 0 bridgehead atoms. The standard InChI is InChI=1S/C11H19NO7P2/c1-16-20(14,17-2)11(13,21(15,18-3)19-4)8-10-6-5-7-12-9-10/h5-7,9,13H,8H2,1-4H3. The average molecular weight is 339 g/mol. The van der Waals surface area contributed by atoms with Gasteiger partial charge in [0.05, 0.1) is 0 Å². The van der Waals surface area contributed by atoms with Gasteiger partial charge in [0, 0.05) is 47.3 Å². The van der Waals surface area contributed by atoms with Crippen molar-refractivity contribution >= 4 is 15.2 Å². The van der Waals surface area contributed by atoms with Gasteiger partial charge in [-0.3, -0.25) is 14.1 Å². The average Bonchev–Trinajstić information content (AvgIpc) is 2.53. The number of pyridine rings is 1. The van der Waals surface area contributed by atoms with Crippen molar-refractivity contribution in [1.29, 1.82) is 0 Å². The van der Waals surface area contributed by atoms with Gasteiger partial charge in [0.1, 0.15) is 0 Å². The number of aromatic nitrogens is 1. The van der Waals surface area contributed by atoms with Crippen LogP contribution in [-0.2, 0) is 33.6 Å². The summed E-state index contributed by atoms with van der Waals surface area (Å²) in [6.07, 6.45) is 2.61. The van der Waals surface area contributed by atoms with Crippen molar-refractivity contribution in [3.8, 4) is 0 Å². The van der Waals surface area contributed by atoms with Crippen molar-refractivity contribution < 1.29 is 32.3 Å². The van der Waals surface area contributed by atoms with Crippen LogP contribution in [0.15, 0.2) is 24.5 Å². The fourth-order valence-corrected chi connectivity index (χ4v) is 6.25. The van der Waals surface area contributed by atoms with Crippen molar-refractivity contribution in [3.63, 3.8) is 0 Å². The van der Waals surface area contributed by atoms with E-state index in [-0.39, 0.29) is 6.42 Å². The molecule has 0 aromatic carbocycles.